The Balaban J connectivity index is 0.00000336. The summed E-state index contributed by atoms with van der Waals surface area (Å²) in [6, 6.07) is 30.4. The maximum atomic E-state index is 4.84. The third kappa shape index (κ3) is 8.05. The number of pyridine rings is 2. The maximum absolute atomic E-state index is 4.84. The van der Waals surface area contributed by atoms with Crippen molar-refractivity contribution in [3.63, 3.8) is 0 Å². The number of hydrogen-bond donors (Lipinski definition) is 2. The minimum Gasteiger partial charge on any atom is -0.311 e. The van der Waals surface area contributed by atoms with Gasteiger partial charge < -0.3 is 10.6 Å². The molecule has 1 aliphatic carbocycles. The first-order chi connectivity index (χ1) is 18.3. The second-order valence-electron chi connectivity index (χ2n) is 9.83. The Morgan fingerprint density at radius 1 is 0.711 bits per heavy atom. The monoisotopic (exact) mass is 571 g/mol. The van der Waals surface area contributed by atoms with Gasteiger partial charge in [0.25, 0.3) is 0 Å². The van der Waals surface area contributed by atoms with Gasteiger partial charge in [0.15, 0.2) is 0 Å². The lowest BCUT2D eigenvalue weighted by atomic mass is 9.90. The lowest BCUT2D eigenvalue weighted by Crippen LogP contribution is -2.36. The molecule has 0 fully saturated rings. The van der Waals surface area contributed by atoms with E-state index in [4.69, 9.17) is 4.98 Å². The number of aromatic nitrogens is 2. The van der Waals surface area contributed by atoms with E-state index in [0.29, 0.717) is 6.04 Å². The number of halogens is 1. The molecule has 0 saturated heterocycles. The van der Waals surface area contributed by atoms with E-state index in [1.54, 1.807) is 0 Å². The summed E-state index contributed by atoms with van der Waals surface area (Å²) < 4.78 is 0. The van der Waals surface area contributed by atoms with E-state index >= 15 is 0 Å². The van der Waals surface area contributed by atoms with Gasteiger partial charge in [-0.25, -0.2) is 0 Å². The summed E-state index contributed by atoms with van der Waals surface area (Å²) in [5.74, 6) is 0. The first kappa shape index (κ1) is 28.1. The van der Waals surface area contributed by atoms with Crippen molar-refractivity contribution in [1.82, 2.24) is 25.5 Å². The minimum atomic E-state index is 0. The van der Waals surface area contributed by atoms with Crippen molar-refractivity contribution in [1.29, 1.82) is 0 Å². The Bertz CT molecular complexity index is 1220. The highest BCUT2D eigenvalue weighted by molar-refractivity contribution is 8.93. The van der Waals surface area contributed by atoms with Gasteiger partial charge in [0, 0.05) is 51.7 Å². The summed E-state index contributed by atoms with van der Waals surface area (Å²) in [7, 11) is 0. The summed E-state index contributed by atoms with van der Waals surface area (Å²) in [6.07, 6.45) is 7.32. The Hall–Kier alpha value is -2.90. The first-order valence-corrected chi connectivity index (χ1v) is 13.5. The topological polar surface area (TPSA) is 53.1 Å². The highest BCUT2D eigenvalue weighted by Gasteiger charge is 2.27. The maximum Gasteiger partial charge on any atom is 0.0607 e. The fourth-order valence-corrected chi connectivity index (χ4v) is 5.17. The zero-order valence-corrected chi connectivity index (χ0v) is 23.6. The van der Waals surface area contributed by atoms with Crippen LogP contribution in [0.2, 0.25) is 0 Å². The molecule has 0 spiro atoms. The number of fused-ring (bicyclic) bond motifs is 1. The van der Waals surface area contributed by atoms with Gasteiger partial charge in [-0.1, -0.05) is 66.7 Å². The molecule has 4 aromatic rings. The average molecular weight is 573 g/mol. The lowest BCUT2D eigenvalue weighted by Gasteiger charge is -2.35. The molecule has 1 unspecified atom stereocenters. The van der Waals surface area contributed by atoms with E-state index in [2.05, 4.69) is 93.3 Å². The molecule has 1 aliphatic rings. The van der Waals surface area contributed by atoms with E-state index in [1.165, 1.54) is 34.4 Å². The second-order valence-corrected chi connectivity index (χ2v) is 9.83. The molecular formula is C32H38BrN5. The van der Waals surface area contributed by atoms with E-state index < -0.39 is 0 Å². The molecule has 6 heteroatoms. The van der Waals surface area contributed by atoms with Crippen LogP contribution in [0.3, 0.4) is 0 Å². The van der Waals surface area contributed by atoms with Crippen LogP contribution in [0.5, 0.6) is 0 Å². The number of benzene rings is 2. The fraction of sp³-hybridized carbons (Fsp3) is 0.312. The second kappa shape index (κ2) is 14.9. The Morgan fingerprint density at radius 3 is 2.26 bits per heavy atom. The molecule has 0 bridgehead atoms. The van der Waals surface area contributed by atoms with Gasteiger partial charge in [0.05, 0.1) is 17.4 Å². The van der Waals surface area contributed by atoms with Crippen molar-refractivity contribution in [2.45, 2.75) is 51.5 Å². The number of aryl methyl sites for hydroxylation is 1. The third-order valence-corrected chi connectivity index (χ3v) is 7.12. The van der Waals surface area contributed by atoms with Crippen LogP contribution >= 0.6 is 17.0 Å². The zero-order valence-electron chi connectivity index (χ0n) is 21.9. The number of nitrogens with zero attached hydrogens (tertiary/aromatic N) is 3. The molecule has 0 saturated carbocycles. The molecule has 5 nitrogen and oxygen atoms in total. The van der Waals surface area contributed by atoms with Crippen LogP contribution in [0.1, 0.15) is 52.5 Å². The van der Waals surface area contributed by atoms with E-state index in [9.17, 15) is 0 Å². The van der Waals surface area contributed by atoms with Crippen LogP contribution in [0.4, 0.5) is 0 Å². The third-order valence-electron chi connectivity index (χ3n) is 7.12. The predicted octanol–water partition coefficient (Wildman–Crippen LogP) is 6.01. The molecule has 5 rings (SSSR count). The molecule has 2 aromatic heterocycles. The molecule has 2 aromatic carbocycles. The van der Waals surface area contributed by atoms with Crippen LogP contribution < -0.4 is 10.6 Å². The van der Waals surface area contributed by atoms with Gasteiger partial charge >= 0.3 is 0 Å². The highest BCUT2D eigenvalue weighted by atomic mass is 79.9. The van der Waals surface area contributed by atoms with Crippen molar-refractivity contribution in [3.8, 4) is 0 Å². The predicted molar refractivity (Wildman–Crippen MR) is 160 cm³/mol. The van der Waals surface area contributed by atoms with Gasteiger partial charge in [0.2, 0.25) is 0 Å². The van der Waals surface area contributed by atoms with E-state index in [-0.39, 0.29) is 17.0 Å². The molecule has 2 N–H and O–H groups in total. The molecule has 0 radical (unpaired) electrons. The summed E-state index contributed by atoms with van der Waals surface area (Å²) in [5, 5.41) is 7.15. The summed E-state index contributed by atoms with van der Waals surface area (Å²) in [5.41, 5.74) is 7.71. The van der Waals surface area contributed by atoms with Crippen molar-refractivity contribution in [3.05, 3.63) is 131 Å². The largest absolute Gasteiger partial charge is 0.311 e. The molecule has 2 heterocycles. The standard InChI is InChI=1S/C32H37N5.BrH/c1-2-8-26(9-3-1)22-33-20-21-37(31-13-6-10-29-11-7-19-36-32(29)31)25-28-16-14-27(15-17-28)23-34-24-30-12-4-5-18-35-30;/h1-5,7-9,11-12,14-19,31,33-34H,6,10,13,20-25H2;1H. The number of rotatable bonds is 12. The highest BCUT2D eigenvalue weighted by Crippen LogP contribution is 2.33. The normalized spacial score (nSPS) is 14.6. The lowest BCUT2D eigenvalue weighted by molar-refractivity contribution is 0.166. The molecular weight excluding hydrogens is 534 g/mol. The van der Waals surface area contributed by atoms with Gasteiger partial charge in [-0.05, 0) is 59.7 Å². The van der Waals surface area contributed by atoms with Crippen molar-refractivity contribution >= 4 is 17.0 Å². The van der Waals surface area contributed by atoms with Gasteiger partial charge in [-0.2, -0.15) is 0 Å². The molecule has 198 valence electrons. The quantitative estimate of drug-likeness (QED) is 0.204. The summed E-state index contributed by atoms with van der Waals surface area (Å²) in [4.78, 5) is 11.8. The van der Waals surface area contributed by atoms with Crippen LogP contribution in [0.25, 0.3) is 0 Å². The first-order valence-electron chi connectivity index (χ1n) is 13.5. The van der Waals surface area contributed by atoms with Crippen molar-refractivity contribution < 1.29 is 0 Å². The van der Waals surface area contributed by atoms with Crippen LogP contribution in [-0.4, -0.2) is 28.0 Å². The van der Waals surface area contributed by atoms with Crippen LogP contribution in [0, 0.1) is 0 Å². The van der Waals surface area contributed by atoms with Gasteiger partial charge in [-0.15, -0.1) is 17.0 Å². The SMILES string of the molecule is Br.c1ccc(CNCCN(Cc2ccc(CNCc3ccccn3)cc2)C2CCCc3cccnc32)cc1. The molecule has 38 heavy (non-hydrogen) atoms. The van der Waals surface area contributed by atoms with Crippen LogP contribution in [-0.2, 0) is 32.6 Å². The number of hydrogen-bond acceptors (Lipinski definition) is 5. The zero-order chi connectivity index (χ0) is 25.1. The van der Waals surface area contributed by atoms with Crippen LogP contribution in [0.15, 0.2) is 97.3 Å². The molecule has 0 amide bonds. The molecule has 0 aliphatic heterocycles. The van der Waals surface area contributed by atoms with E-state index in [1.807, 2.05) is 24.5 Å². The van der Waals surface area contributed by atoms with Gasteiger partial charge in [-0.3, -0.25) is 14.9 Å². The summed E-state index contributed by atoms with van der Waals surface area (Å²) >= 11 is 0. The van der Waals surface area contributed by atoms with E-state index in [0.717, 1.165) is 57.8 Å². The average Bonchev–Trinajstić information content (AvgIpc) is 2.96. The smallest absolute Gasteiger partial charge is 0.0607 e. The minimum absolute atomic E-state index is 0. The Labute approximate surface area is 237 Å². The summed E-state index contributed by atoms with van der Waals surface area (Å²) in [6.45, 7) is 5.37. The van der Waals surface area contributed by atoms with Crippen molar-refractivity contribution in [2.75, 3.05) is 13.1 Å². The Kier molecular flexibility index (Phi) is 11.0. The molecule has 1 atom stereocenters. The fourth-order valence-electron chi connectivity index (χ4n) is 5.17. The Morgan fingerprint density at radius 2 is 1.45 bits per heavy atom. The number of nitrogens with one attached hydrogen (secondary N) is 2. The van der Waals surface area contributed by atoms with Gasteiger partial charge in [0.1, 0.15) is 0 Å². The van der Waals surface area contributed by atoms with Crippen molar-refractivity contribution in [2.24, 2.45) is 0 Å².